The Morgan fingerprint density at radius 2 is 2.04 bits per heavy atom. The van der Waals surface area contributed by atoms with Crippen LogP contribution in [0, 0.1) is 5.92 Å². The van der Waals surface area contributed by atoms with Gasteiger partial charge in [-0.1, -0.05) is 19.0 Å². The molecule has 1 amide bonds. The van der Waals surface area contributed by atoms with Gasteiger partial charge in [-0.2, -0.15) is 0 Å². The van der Waals surface area contributed by atoms with Crippen molar-refractivity contribution in [2.45, 2.75) is 51.4 Å². The number of amides is 1. The average Bonchev–Trinajstić information content (AvgIpc) is 3.39. The molecule has 3 heterocycles. The van der Waals surface area contributed by atoms with E-state index in [4.69, 9.17) is 10.3 Å². The first-order valence-corrected chi connectivity index (χ1v) is 9.38. The Kier molecular flexibility index (Phi) is 4.23. The van der Waals surface area contributed by atoms with Crippen LogP contribution >= 0.6 is 0 Å². The lowest BCUT2D eigenvalue weighted by Crippen LogP contribution is -2.40. The highest BCUT2D eigenvalue weighted by Gasteiger charge is 2.31. The molecule has 25 heavy (non-hydrogen) atoms. The van der Waals surface area contributed by atoms with E-state index in [0.29, 0.717) is 29.7 Å². The molecule has 0 aromatic carbocycles. The fraction of sp³-hybridized carbons (Fsp3) is 0.632. The van der Waals surface area contributed by atoms with Gasteiger partial charge in [0.1, 0.15) is 0 Å². The Morgan fingerprint density at radius 1 is 1.32 bits per heavy atom. The van der Waals surface area contributed by atoms with Crippen LogP contribution in [0.3, 0.4) is 0 Å². The molecule has 2 fully saturated rings. The summed E-state index contributed by atoms with van der Waals surface area (Å²) >= 11 is 0. The fourth-order valence-corrected chi connectivity index (χ4v) is 3.69. The summed E-state index contributed by atoms with van der Waals surface area (Å²) in [5.41, 5.74) is 8.79. The van der Waals surface area contributed by atoms with Gasteiger partial charge < -0.3 is 15.2 Å². The number of nitrogens with zero attached hydrogens (tertiary/aromatic N) is 3. The van der Waals surface area contributed by atoms with E-state index in [2.05, 4.69) is 24.0 Å². The number of hydrogen-bond donors (Lipinski definition) is 1. The van der Waals surface area contributed by atoms with Gasteiger partial charge in [0.2, 0.25) is 0 Å². The molecule has 2 N–H and O–H groups in total. The summed E-state index contributed by atoms with van der Waals surface area (Å²) in [4.78, 5) is 19.9. The minimum Gasteiger partial charge on any atom is -0.339 e. The zero-order valence-corrected chi connectivity index (χ0v) is 15.0. The minimum absolute atomic E-state index is 0.0786. The molecule has 2 aromatic rings. The van der Waals surface area contributed by atoms with E-state index in [0.717, 1.165) is 55.5 Å². The van der Waals surface area contributed by atoms with Crippen LogP contribution in [0.15, 0.2) is 10.6 Å². The maximum absolute atomic E-state index is 13.3. The predicted octanol–water partition coefficient (Wildman–Crippen LogP) is 3.03. The minimum atomic E-state index is 0.0786. The number of carbonyl (C=O) groups is 1. The molecular weight excluding hydrogens is 316 g/mol. The number of rotatable bonds is 4. The summed E-state index contributed by atoms with van der Waals surface area (Å²) in [5, 5.41) is 5.00. The molecule has 0 radical (unpaired) electrons. The van der Waals surface area contributed by atoms with E-state index in [9.17, 15) is 4.79 Å². The first-order valence-electron chi connectivity index (χ1n) is 9.38. The van der Waals surface area contributed by atoms with E-state index < -0.39 is 0 Å². The van der Waals surface area contributed by atoms with Crippen LogP contribution in [0.2, 0.25) is 0 Å². The first kappa shape index (κ1) is 16.5. The lowest BCUT2D eigenvalue weighted by molar-refractivity contribution is 0.0695. The molecule has 1 saturated carbocycles. The van der Waals surface area contributed by atoms with Crippen molar-refractivity contribution in [3.8, 4) is 0 Å². The number of likely N-dealkylation sites (tertiary alicyclic amines) is 1. The van der Waals surface area contributed by atoms with Crippen molar-refractivity contribution in [2.24, 2.45) is 11.7 Å². The Labute approximate surface area is 147 Å². The van der Waals surface area contributed by atoms with E-state index in [1.54, 1.807) is 0 Å². The highest BCUT2D eigenvalue weighted by molar-refractivity contribution is 6.06. The molecule has 1 saturated heterocycles. The van der Waals surface area contributed by atoms with Gasteiger partial charge in [0.15, 0.2) is 0 Å². The second kappa shape index (κ2) is 6.41. The van der Waals surface area contributed by atoms with Crippen molar-refractivity contribution in [2.75, 3.05) is 19.6 Å². The van der Waals surface area contributed by atoms with Gasteiger partial charge in [-0.15, -0.1) is 0 Å². The smallest absolute Gasteiger partial charge is 0.259 e. The molecule has 0 unspecified atom stereocenters. The maximum Gasteiger partial charge on any atom is 0.259 e. The van der Waals surface area contributed by atoms with Crippen LogP contribution in [0.5, 0.6) is 0 Å². The van der Waals surface area contributed by atoms with Gasteiger partial charge in [0.25, 0.3) is 11.6 Å². The second-order valence-corrected chi connectivity index (χ2v) is 7.74. The molecule has 6 heteroatoms. The maximum atomic E-state index is 13.3. The summed E-state index contributed by atoms with van der Waals surface area (Å²) in [6, 6.07) is 1.99. The largest absolute Gasteiger partial charge is 0.339 e. The number of hydrogen-bond acceptors (Lipinski definition) is 5. The van der Waals surface area contributed by atoms with Crippen molar-refractivity contribution in [1.29, 1.82) is 0 Å². The predicted molar refractivity (Wildman–Crippen MR) is 95.5 cm³/mol. The number of aromatic nitrogens is 2. The highest BCUT2D eigenvalue weighted by atomic mass is 16.5. The first-order chi connectivity index (χ1) is 12.1. The molecule has 2 aliphatic rings. The molecule has 2 aromatic heterocycles. The molecular formula is C19H26N4O2. The number of piperidine rings is 1. The van der Waals surface area contributed by atoms with E-state index in [1.165, 1.54) is 0 Å². The van der Waals surface area contributed by atoms with Crippen LogP contribution in [-0.4, -0.2) is 40.6 Å². The van der Waals surface area contributed by atoms with Crippen molar-refractivity contribution >= 4 is 17.0 Å². The lowest BCUT2D eigenvalue weighted by atomic mass is 9.95. The summed E-state index contributed by atoms with van der Waals surface area (Å²) in [7, 11) is 0. The summed E-state index contributed by atoms with van der Waals surface area (Å²) in [6.07, 6.45) is 4.23. The van der Waals surface area contributed by atoms with E-state index in [1.807, 2.05) is 11.0 Å². The number of pyridine rings is 1. The van der Waals surface area contributed by atoms with Gasteiger partial charge in [0.05, 0.1) is 16.6 Å². The van der Waals surface area contributed by atoms with E-state index >= 15 is 0 Å². The van der Waals surface area contributed by atoms with Crippen LogP contribution < -0.4 is 5.73 Å². The quantitative estimate of drug-likeness (QED) is 0.923. The third-order valence-electron chi connectivity index (χ3n) is 5.50. The van der Waals surface area contributed by atoms with Crippen molar-refractivity contribution < 1.29 is 9.32 Å². The summed E-state index contributed by atoms with van der Waals surface area (Å²) in [6.45, 7) is 6.37. The van der Waals surface area contributed by atoms with Gasteiger partial charge in [0, 0.05) is 24.7 Å². The molecule has 0 bridgehead atoms. The topological polar surface area (TPSA) is 85.2 Å². The molecule has 0 spiro atoms. The molecule has 134 valence electrons. The fourth-order valence-electron chi connectivity index (χ4n) is 3.69. The lowest BCUT2D eigenvalue weighted by Gasteiger charge is -2.31. The Hall–Kier alpha value is -1.95. The normalized spacial score (nSPS) is 19.1. The van der Waals surface area contributed by atoms with Gasteiger partial charge in [-0.25, -0.2) is 4.98 Å². The second-order valence-electron chi connectivity index (χ2n) is 7.74. The number of carbonyl (C=O) groups excluding carboxylic acids is 1. The van der Waals surface area contributed by atoms with Crippen LogP contribution in [0.4, 0.5) is 0 Å². The van der Waals surface area contributed by atoms with Crippen LogP contribution in [0.25, 0.3) is 11.1 Å². The summed E-state index contributed by atoms with van der Waals surface area (Å²) in [5.74, 6) is 1.26. The third kappa shape index (κ3) is 3.03. The van der Waals surface area contributed by atoms with Crippen molar-refractivity contribution in [3.63, 3.8) is 0 Å². The Balaban J connectivity index is 1.73. The molecule has 0 atom stereocenters. The van der Waals surface area contributed by atoms with E-state index in [-0.39, 0.29) is 11.8 Å². The molecule has 1 aliphatic carbocycles. The van der Waals surface area contributed by atoms with Gasteiger partial charge >= 0.3 is 0 Å². The summed E-state index contributed by atoms with van der Waals surface area (Å²) < 4.78 is 5.49. The third-order valence-corrected chi connectivity index (χ3v) is 5.50. The van der Waals surface area contributed by atoms with Crippen molar-refractivity contribution in [1.82, 2.24) is 15.0 Å². The van der Waals surface area contributed by atoms with Gasteiger partial charge in [-0.05, 0) is 50.1 Å². The molecule has 4 rings (SSSR count). The average molecular weight is 342 g/mol. The molecule has 6 nitrogen and oxygen atoms in total. The standard InChI is InChI=1S/C19H26N4O2/c1-11(2)17-16-14(19(24)23-7-5-12(10-20)6-8-23)9-15(13-3-4-13)21-18(16)25-22-17/h9,11-13H,3-8,10,20H2,1-2H3. The van der Waals surface area contributed by atoms with Crippen molar-refractivity contribution in [3.05, 3.63) is 23.0 Å². The van der Waals surface area contributed by atoms with Crippen LogP contribution in [-0.2, 0) is 0 Å². The zero-order valence-electron chi connectivity index (χ0n) is 15.0. The Morgan fingerprint density at radius 3 is 2.64 bits per heavy atom. The highest BCUT2D eigenvalue weighted by Crippen LogP contribution is 2.41. The zero-order chi connectivity index (χ0) is 17.6. The van der Waals surface area contributed by atoms with Crippen LogP contribution in [0.1, 0.15) is 73.1 Å². The Bertz CT molecular complexity index is 786. The van der Waals surface area contributed by atoms with Gasteiger partial charge in [-0.3, -0.25) is 4.79 Å². The SMILES string of the molecule is CC(C)c1noc2nc(C3CC3)cc(C(=O)N3CCC(CN)CC3)c12. The monoisotopic (exact) mass is 342 g/mol. The number of fused-ring (bicyclic) bond motifs is 1. The number of nitrogens with two attached hydrogens (primary N) is 1. The molecule has 1 aliphatic heterocycles.